The molecule has 51 heavy (non-hydrogen) atoms. The second kappa shape index (κ2) is 19.9. The first-order chi connectivity index (χ1) is 24.1. The van der Waals surface area contributed by atoms with E-state index in [-0.39, 0.29) is 54.9 Å². The molecule has 6 rings (SSSR count). The third-order valence-electron chi connectivity index (χ3n) is 11.4. The first-order valence-electron chi connectivity index (χ1n) is 18.9. The molecule has 2 aliphatic heterocycles. The molecule has 2 heterocycles. The minimum Gasteiger partial charge on any atom is -0.396 e. The van der Waals surface area contributed by atoms with Gasteiger partial charge in [0.2, 0.25) is 0 Å². The minimum atomic E-state index is 0. The fourth-order valence-corrected chi connectivity index (χ4v) is 11.0. The number of hydrogen-bond acceptors (Lipinski definition) is 3. The van der Waals surface area contributed by atoms with Crippen LogP contribution in [0.2, 0.25) is 0 Å². The molecule has 0 fully saturated rings. The Bertz CT molecular complexity index is 1700. The van der Waals surface area contributed by atoms with Gasteiger partial charge in [0.15, 0.2) is 0 Å². The van der Waals surface area contributed by atoms with Gasteiger partial charge < -0.3 is 5.11 Å². The molecule has 0 amide bonds. The number of aliphatic hydroxyl groups excluding tert-OH is 1. The van der Waals surface area contributed by atoms with Crippen LogP contribution in [0, 0.1) is 71.8 Å². The van der Waals surface area contributed by atoms with Crippen LogP contribution in [0.5, 0.6) is 0 Å². The monoisotopic (exact) mass is 931 g/mol. The molecule has 4 atom stereocenters. The molecule has 0 unspecified atom stereocenters. The summed E-state index contributed by atoms with van der Waals surface area (Å²) in [5.74, 6) is 3.38. The first-order valence-corrected chi connectivity index (χ1v) is 20.9. The van der Waals surface area contributed by atoms with Crippen LogP contribution in [0.4, 0.5) is 0 Å². The van der Waals surface area contributed by atoms with Crippen molar-refractivity contribution in [2.75, 3.05) is 18.1 Å². The van der Waals surface area contributed by atoms with Crippen LogP contribution < -0.4 is 0 Å². The van der Waals surface area contributed by atoms with Gasteiger partial charge in [-0.05, 0) is 93.2 Å². The predicted molar refractivity (Wildman–Crippen MR) is 221 cm³/mol. The molecule has 269 valence electrons. The molecule has 4 aromatic carbocycles. The van der Waals surface area contributed by atoms with Crippen molar-refractivity contribution in [2.45, 2.75) is 125 Å². The Kier molecular flexibility index (Phi) is 16.5. The van der Waals surface area contributed by atoms with Crippen LogP contribution in [-0.4, -0.2) is 23.2 Å². The molecule has 0 aliphatic carbocycles. The van der Waals surface area contributed by atoms with Crippen molar-refractivity contribution in [3.8, 4) is 0 Å². The standard InChI is InChI=1S/C26H36OS.C21H24S.Ac/c1-20-11-14-22(15-12-20)26(3)19-28-25-18-21(2)13-16-23(25)24(26)10-8-6-4-5-7-9-17-27;1-5-6-19-18-12-9-16(3)13-20(18)22-14-21(19,4)17-10-7-15(2)8-11-17;/h11-16,18,24,27H,4-10,17,19H2,1-3H3;5,7-13,19H,1,6,14H2,2-4H3;/t24-,26-;19-,21-;/m11./s1. The molecular weight excluding hydrogens is 872 g/mol. The third kappa shape index (κ3) is 10.5. The van der Waals surface area contributed by atoms with Crippen LogP contribution in [-0.2, 0) is 10.8 Å². The Morgan fingerprint density at radius 1 is 0.608 bits per heavy atom. The van der Waals surface area contributed by atoms with E-state index in [9.17, 15) is 0 Å². The Balaban J connectivity index is 0.000000230. The summed E-state index contributed by atoms with van der Waals surface area (Å²) in [6, 6.07) is 32.3. The number of thioether (sulfide) groups is 2. The van der Waals surface area contributed by atoms with E-state index in [1.807, 2.05) is 23.5 Å². The van der Waals surface area contributed by atoms with E-state index in [0.717, 1.165) is 24.3 Å². The molecule has 1 N–H and O–H groups in total. The maximum atomic E-state index is 8.93. The first kappa shape index (κ1) is 42.5. The van der Waals surface area contributed by atoms with E-state index in [2.05, 4.69) is 139 Å². The topological polar surface area (TPSA) is 20.2 Å². The van der Waals surface area contributed by atoms with E-state index < -0.39 is 0 Å². The summed E-state index contributed by atoms with van der Waals surface area (Å²) in [5, 5.41) is 8.93. The number of allylic oxidation sites excluding steroid dienone is 1. The number of aryl methyl sites for hydroxylation is 4. The Labute approximate surface area is 354 Å². The zero-order chi connectivity index (χ0) is 35.7. The van der Waals surface area contributed by atoms with E-state index in [1.165, 1.54) is 87.3 Å². The van der Waals surface area contributed by atoms with E-state index in [1.54, 1.807) is 5.56 Å². The van der Waals surface area contributed by atoms with Gasteiger partial charge in [-0.25, -0.2) is 0 Å². The molecule has 1 radical (unpaired) electrons. The van der Waals surface area contributed by atoms with Crippen LogP contribution >= 0.6 is 23.5 Å². The van der Waals surface area contributed by atoms with Gasteiger partial charge in [-0.1, -0.05) is 147 Å². The normalized spacial score (nSPS) is 22.1. The third-order valence-corrected chi connectivity index (χ3v) is 14.2. The van der Waals surface area contributed by atoms with E-state index in [4.69, 9.17) is 5.11 Å². The van der Waals surface area contributed by atoms with Crippen molar-refractivity contribution < 1.29 is 49.2 Å². The van der Waals surface area contributed by atoms with Crippen LogP contribution in [0.1, 0.15) is 122 Å². The summed E-state index contributed by atoms with van der Waals surface area (Å²) in [6.45, 7) is 18.0. The fourth-order valence-electron chi connectivity index (χ4n) is 8.08. The number of aliphatic hydroxyl groups is 1. The molecule has 0 spiro atoms. The molecule has 0 bridgehead atoms. The summed E-state index contributed by atoms with van der Waals surface area (Å²) in [4.78, 5) is 2.95. The fraction of sp³-hybridized carbons (Fsp3) is 0.447. The van der Waals surface area contributed by atoms with Gasteiger partial charge in [0, 0.05) is 82.8 Å². The van der Waals surface area contributed by atoms with Gasteiger partial charge in [-0.15, -0.1) is 30.1 Å². The summed E-state index contributed by atoms with van der Waals surface area (Å²) in [7, 11) is 0. The van der Waals surface area contributed by atoms with Crippen molar-refractivity contribution >= 4 is 23.5 Å². The van der Waals surface area contributed by atoms with Crippen molar-refractivity contribution in [3.05, 3.63) is 142 Å². The zero-order valence-electron chi connectivity index (χ0n) is 32.1. The number of hydrogen-bond donors (Lipinski definition) is 1. The Hall–Kier alpha value is -1.28. The molecule has 1 nitrogen and oxygen atoms in total. The summed E-state index contributed by atoms with van der Waals surface area (Å²) in [5.41, 5.74) is 11.7. The quantitative estimate of drug-likeness (QED) is 0.113. The minimum absolute atomic E-state index is 0. The molecule has 0 saturated heterocycles. The summed E-state index contributed by atoms with van der Waals surface area (Å²) >= 11 is 4.05. The second-order valence-electron chi connectivity index (χ2n) is 15.5. The maximum absolute atomic E-state index is 8.93. The van der Waals surface area contributed by atoms with Gasteiger partial charge >= 0.3 is 0 Å². The van der Waals surface area contributed by atoms with Gasteiger partial charge in [0.05, 0.1) is 0 Å². The van der Waals surface area contributed by atoms with Gasteiger partial charge in [-0.2, -0.15) is 0 Å². The van der Waals surface area contributed by atoms with Gasteiger partial charge in [0.25, 0.3) is 0 Å². The second-order valence-corrected chi connectivity index (χ2v) is 17.5. The number of unbranched alkanes of at least 4 members (excludes halogenated alkanes) is 5. The van der Waals surface area contributed by atoms with Crippen molar-refractivity contribution in [3.63, 3.8) is 0 Å². The number of benzene rings is 4. The van der Waals surface area contributed by atoms with Crippen LogP contribution in [0.15, 0.2) is 107 Å². The molecular formula is C47H60AcOS2. The Morgan fingerprint density at radius 2 is 1.02 bits per heavy atom. The molecule has 0 aromatic heterocycles. The summed E-state index contributed by atoms with van der Waals surface area (Å²) in [6.07, 6.45) is 11.6. The van der Waals surface area contributed by atoms with Crippen LogP contribution in [0.25, 0.3) is 0 Å². The van der Waals surface area contributed by atoms with Crippen molar-refractivity contribution in [1.29, 1.82) is 0 Å². The molecule has 4 heteroatoms. The predicted octanol–water partition coefficient (Wildman–Crippen LogP) is 13.2. The SMILES string of the molecule is C=CC[C@@H]1c2ccc(C)cc2SC[C@]1(C)c1ccc(C)cc1.Cc1ccc([C@@]2(C)CSc3cc(C)ccc3[C@H]2CCCCCCCCO)cc1.[Ac]. The van der Waals surface area contributed by atoms with Crippen molar-refractivity contribution in [2.24, 2.45) is 0 Å². The number of rotatable bonds is 12. The average Bonchev–Trinajstić information content (AvgIpc) is 3.11. The van der Waals surface area contributed by atoms with Gasteiger partial charge in [-0.3, -0.25) is 0 Å². The maximum Gasteiger partial charge on any atom is 0.0431 e. The van der Waals surface area contributed by atoms with E-state index >= 15 is 0 Å². The molecule has 0 saturated carbocycles. The Morgan fingerprint density at radius 3 is 1.49 bits per heavy atom. The van der Waals surface area contributed by atoms with Crippen molar-refractivity contribution in [1.82, 2.24) is 0 Å². The molecule has 2 aliphatic rings. The van der Waals surface area contributed by atoms with Gasteiger partial charge in [0.1, 0.15) is 0 Å². The van der Waals surface area contributed by atoms with Crippen LogP contribution in [0.3, 0.4) is 0 Å². The van der Waals surface area contributed by atoms with E-state index in [0.29, 0.717) is 18.4 Å². The number of fused-ring (bicyclic) bond motifs is 2. The summed E-state index contributed by atoms with van der Waals surface area (Å²) < 4.78 is 0. The largest absolute Gasteiger partial charge is 0.396 e. The zero-order valence-corrected chi connectivity index (χ0v) is 38.5. The molecule has 4 aromatic rings. The average molecular weight is 932 g/mol. The smallest absolute Gasteiger partial charge is 0.0431 e.